The van der Waals surface area contributed by atoms with Gasteiger partial charge in [0.25, 0.3) is 0 Å². The predicted molar refractivity (Wildman–Crippen MR) is 91.8 cm³/mol. The van der Waals surface area contributed by atoms with Gasteiger partial charge in [0.1, 0.15) is 5.82 Å². The highest BCUT2D eigenvalue weighted by Crippen LogP contribution is 2.47. The lowest BCUT2D eigenvalue weighted by molar-refractivity contribution is -0.165. The number of hydrogen-bond donors (Lipinski definition) is 3. The zero-order chi connectivity index (χ0) is 18.8. The molecule has 0 radical (unpaired) electrons. The highest BCUT2D eigenvalue weighted by Gasteiger charge is 2.51. The van der Waals surface area contributed by atoms with Crippen molar-refractivity contribution < 1.29 is 24.2 Å². The summed E-state index contributed by atoms with van der Waals surface area (Å²) < 4.78 is 13.4. The van der Waals surface area contributed by atoms with Crippen LogP contribution in [-0.2, 0) is 9.59 Å². The van der Waals surface area contributed by atoms with Crippen LogP contribution in [0, 0.1) is 11.2 Å². The molecule has 2 aromatic carbocycles. The molecule has 0 aliphatic rings. The molecule has 0 saturated carbocycles. The van der Waals surface area contributed by atoms with Crippen molar-refractivity contribution in [2.24, 2.45) is 5.41 Å². The summed E-state index contributed by atoms with van der Waals surface area (Å²) in [5.74, 6) is -4.87. The average molecular weight is 345 g/mol. The number of carbonyl (C=O) groups is 2. The molecule has 0 spiro atoms. The molecule has 0 aliphatic carbocycles. The van der Waals surface area contributed by atoms with E-state index in [9.17, 15) is 24.2 Å². The first-order valence-corrected chi connectivity index (χ1v) is 7.76. The molecule has 0 aliphatic heterocycles. The minimum Gasteiger partial charge on any atom is -0.480 e. The van der Waals surface area contributed by atoms with Crippen molar-refractivity contribution >= 4 is 17.6 Å². The summed E-state index contributed by atoms with van der Waals surface area (Å²) in [7, 11) is 0. The fraction of sp³-hybridized carbons (Fsp3) is 0.263. The number of benzene rings is 2. The number of hydrogen-bond acceptors (Lipinski definition) is 3. The van der Waals surface area contributed by atoms with Gasteiger partial charge in [-0.05, 0) is 36.1 Å². The van der Waals surface area contributed by atoms with E-state index in [1.54, 1.807) is 37.3 Å². The molecule has 2 atom stereocenters. The lowest BCUT2D eigenvalue weighted by Crippen LogP contribution is -2.44. The van der Waals surface area contributed by atoms with Crippen molar-refractivity contribution in [3.8, 4) is 0 Å². The van der Waals surface area contributed by atoms with Crippen LogP contribution in [-0.4, -0.2) is 22.2 Å². The summed E-state index contributed by atoms with van der Waals surface area (Å²) in [5.41, 5.74) is 5.04. The first-order valence-electron chi connectivity index (χ1n) is 7.76. The maximum Gasteiger partial charge on any atom is 0.321 e. The second-order valence-electron chi connectivity index (χ2n) is 6.26. The Labute approximate surface area is 144 Å². The number of rotatable bonds is 6. The van der Waals surface area contributed by atoms with E-state index in [1.165, 1.54) is 19.1 Å². The Bertz CT molecular complexity index is 777. The number of halogens is 1. The van der Waals surface area contributed by atoms with E-state index in [4.69, 9.17) is 5.73 Å². The fourth-order valence-electron chi connectivity index (χ4n) is 3.28. The van der Waals surface area contributed by atoms with Gasteiger partial charge in [-0.3, -0.25) is 9.59 Å². The Morgan fingerprint density at radius 1 is 1.08 bits per heavy atom. The van der Waals surface area contributed by atoms with Crippen LogP contribution in [0.4, 0.5) is 10.1 Å². The molecule has 25 heavy (non-hydrogen) atoms. The van der Waals surface area contributed by atoms with E-state index in [-0.39, 0.29) is 5.69 Å². The first kappa shape index (κ1) is 18.4. The SMILES string of the molecule is CC(c1ccc(F)cc1N)C(c1ccccc1)C(C)(C(=O)O)C(=O)O. The lowest BCUT2D eigenvalue weighted by Gasteiger charge is -2.35. The Balaban J connectivity index is 2.67. The zero-order valence-electron chi connectivity index (χ0n) is 13.9. The van der Waals surface area contributed by atoms with Crippen molar-refractivity contribution in [3.63, 3.8) is 0 Å². The number of nitrogen functional groups attached to an aromatic ring is 1. The van der Waals surface area contributed by atoms with Crippen molar-refractivity contribution in [1.82, 2.24) is 0 Å². The van der Waals surface area contributed by atoms with E-state index >= 15 is 0 Å². The maximum absolute atomic E-state index is 13.4. The normalized spacial score (nSPS) is 13.9. The molecule has 0 bridgehead atoms. The number of nitrogens with two attached hydrogens (primary N) is 1. The third kappa shape index (κ3) is 3.33. The summed E-state index contributed by atoms with van der Waals surface area (Å²) in [6, 6.07) is 12.4. The molecular formula is C19H20FNO4. The average Bonchev–Trinajstić information content (AvgIpc) is 2.55. The van der Waals surface area contributed by atoms with Gasteiger partial charge in [0.2, 0.25) is 0 Å². The largest absolute Gasteiger partial charge is 0.480 e. The van der Waals surface area contributed by atoms with Crippen LogP contribution in [0.3, 0.4) is 0 Å². The molecule has 0 saturated heterocycles. The van der Waals surface area contributed by atoms with Crippen LogP contribution < -0.4 is 5.73 Å². The van der Waals surface area contributed by atoms with Gasteiger partial charge in [-0.25, -0.2) is 4.39 Å². The number of aliphatic carboxylic acids is 2. The monoisotopic (exact) mass is 345 g/mol. The second kappa shape index (κ2) is 6.93. The van der Waals surface area contributed by atoms with E-state index in [0.29, 0.717) is 11.1 Å². The topological polar surface area (TPSA) is 101 Å². The van der Waals surface area contributed by atoms with Gasteiger partial charge in [0.05, 0.1) is 0 Å². The molecule has 2 unspecified atom stereocenters. The molecule has 0 heterocycles. The maximum atomic E-state index is 13.4. The molecule has 132 valence electrons. The van der Waals surface area contributed by atoms with Crippen molar-refractivity contribution in [1.29, 1.82) is 0 Å². The van der Waals surface area contributed by atoms with Crippen molar-refractivity contribution in [2.75, 3.05) is 5.73 Å². The Hall–Kier alpha value is -2.89. The van der Waals surface area contributed by atoms with Crippen LogP contribution in [0.5, 0.6) is 0 Å². The molecule has 4 N–H and O–H groups in total. The van der Waals surface area contributed by atoms with Gasteiger partial charge in [0, 0.05) is 11.6 Å². The zero-order valence-corrected chi connectivity index (χ0v) is 13.9. The smallest absolute Gasteiger partial charge is 0.321 e. The van der Waals surface area contributed by atoms with Crippen LogP contribution in [0.1, 0.15) is 36.8 Å². The van der Waals surface area contributed by atoms with E-state index < -0.39 is 35.0 Å². The predicted octanol–water partition coefficient (Wildman–Crippen LogP) is 3.47. The van der Waals surface area contributed by atoms with Crippen molar-refractivity contribution in [3.05, 3.63) is 65.5 Å². The Morgan fingerprint density at radius 2 is 1.64 bits per heavy atom. The number of carboxylic acid groups (broad SMARTS) is 2. The summed E-state index contributed by atoms with van der Waals surface area (Å²) in [5, 5.41) is 19.3. The Kier molecular flexibility index (Phi) is 5.11. The van der Waals surface area contributed by atoms with Gasteiger partial charge in [-0.2, -0.15) is 0 Å². The van der Waals surface area contributed by atoms with E-state index in [1.807, 2.05) is 0 Å². The van der Waals surface area contributed by atoms with E-state index in [0.717, 1.165) is 6.07 Å². The van der Waals surface area contributed by atoms with Gasteiger partial charge >= 0.3 is 11.9 Å². The molecule has 5 nitrogen and oxygen atoms in total. The summed E-state index contributed by atoms with van der Waals surface area (Å²) in [6.45, 7) is 2.89. The second-order valence-corrected chi connectivity index (χ2v) is 6.26. The summed E-state index contributed by atoms with van der Waals surface area (Å²) in [4.78, 5) is 23.8. The Morgan fingerprint density at radius 3 is 2.12 bits per heavy atom. The number of carboxylic acids is 2. The molecule has 2 rings (SSSR count). The number of anilines is 1. The van der Waals surface area contributed by atoms with Crippen LogP contribution >= 0.6 is 0 Å². The van der Waals surface area contributed by atoms with Gasteiger partial charge in [-0.1, -0.05) is 43.3 Å². The molecular weight excluding hydrogens is 325 g/mol. The van der Waals surface area contributed by atoms with Gasteiger partial charge < -0.3 is 15.9 Å². The third-order valence-electron chi connectivity index (χ3n) is 4.71. The molecule has 0 fully saturated rings. The summed E-state index contributed by atoms with van der Waals surface area (Å²) in [6.07, 6.45) is 0. The minimum absolute atomic E-state index is 0.159. The highest BCUT2D eigenvalue weighted by atomic mass is 19.1. The molecule has 0 amide bonds. The van der Waals surface area contributed by atoms with Crippen LogP contribution in [0.2, 0.25) is 0 Å². The molecule has 6 heteroatoms. The lowest BCUT2D eigenvalue weighted by atomic mass is 9.65. The van der Waals surface area contributed by atoms with Crippen LogP contribution in [0.15, 0.2) is 48.5 Å². The third-order valence-corrected chi connectivity index (χ3v) is 4.71. The molecule has 0 aromatic heterocycles. The van der Waals surface area contributed by atoms with Gasteiger partial charge in [-0.15, -0.1) is 0 Å². The first-order chi connectivity index (χ1) is 11.7. The quantitative estimate of drug-likeness (QED) is 0.550. The van der Waals surface area contributed by atoms with Crippen molar-refractivity contribution in [2.45, 2.75) is 25.7 Å². The highest BCUT2D eigenvalue weighted by molar-refractivity contribution is 5.99. The van der Waals surface area contributed by atoms with E-state index in [2.05, 4.69) is 0 Å². The summed E-state index contributed by atoms with van der Waals surface area (Å²) >= 11 is 0. The standard InChI is InChI=1S/C19H20FNO4/c1-11(14-9-8-13(20)10-15(14)21)16(12-6-4-3-5-7-12)19(2,17(22)23)18(24)25/h3-11,16H,21H2,1-2H3,(H,22,23)(H,24,25). The minimum atomic E-state index is -2.08. The van der Waals surface area contributed by atoms with Gasteiger partial charge in [0.15, 0.2) is 5.41 Å². The fourth-order valence-corrected chi connectivity index (χ4v) is 3.28. The molecule has 2 aromatic rings. The van der Waals surface area contributed by atoms with Crippen LogP contribution in [0.25, 0.3) is 0 Å².